The van der Waals surface area contributed by atoms with Gasteiger partial charge in [0.2, 0.25) is 0 Å². The summed E-state index contributed by atoms with van der Waals surface area (Å²) >= 11 is 0. The number of aryl methyl sites for hydroxylation is 2. The standard InChI is InChI=1S/C15H22N4O/c1-5-9-19-15(14(16)11(2)17-19)18(3)12-7-6-8-13(10-12)20-4/h6-8,10H,5,9,16H2,1-4H3. The Kier molecular flexibility index (Phi) is 4.17. The zero-order valence-electron chi connectivity index (χ0n) is 12.6. The minimum atomic E-state index is 0.726. The van der Waals surface area contributed by atoms with Crippen molar-refractivity contribution in [3.05, 3.63) is 30.0 Å². The molecular formula is C15H22N4O. The van der Waals surface area contributed by atoms with Gasteiger partial charge in [0.05, 0.1) is 18.5 Å². The van der Waals surface area contributed by atoms with Crippen molar-refractivity contribution >= 4 is 17.2 Å². The molecule has 1 aromatic carbocycles. The lowest BCUT2D eigenvalue weighted by atomic mass is 10.2. The molecule has 20 heavy (non-hydrogen) atoms. The largest absolute Gasteiger partial charge is 0.497 e. The zero-order valence-corrected chi connectivity index (χ0v) is 12.6. The van der Waals surface area contributed by atoms with Crippen molar-refractivity contribution in [2.24, 2.45) is 0 Å². The molecule has 0 unspecified atom stereocenters. The lowest BCUT2D eigenvalue weighted by Crippen LogP contribution is -2.16. The Balaban J connectivity index is 2.43. The quantitative estimate of drug-likeness (QED) is 0.910. The van der Waals surface area contributed by atoms with E-state index in [0.717, 1.165) is 41.6 Å². The van der Waals surface area contributed by atoms with E-state index in [9.17, 15) is 0 Å². The van der Waals surface area contributed by atoms with Crippen LogP contribution in [-0.4, -0.2) is 23.9 Å². The Hall–Kier alpha value is -2.17. The monoisotopic (exact) mass is 274 g/mol. The highest BCUT2D eigenvalue weighted by atomic mass is 16.5. The van der Waals surface area contributed by atoms with Gasteiger partial charge in [-0.05, 0) is 25.5 Å². The van der Waals surface area contributed by atoms with Crippen LogP contribution in [-0.2, 0) is 6.54 Å². The Morgan fingerprint density at radius 2 is 2.15 bits per heavy atom. The van der Waals surface area contributed by atoms with Crippen LogP contribution in [0.1, 0.15) is 19.0 Å². The minimum Gasteiger partial charge on any atom is -0.497 e. The average Bonchev–Trinajstić information content (AvgIpc) is 2.74. The topological polar surface area (TPSA) is 56.3 Å². The van der Waals surface area contributed by atoms with Crippen molar-refractivity contribution < 1.29 is 4.74 Å². The summed E-state index contributed by atoms with van der Waals surface area (Å²) in [6, 6.07) is 7.90. The first kappa shape index (κ1) is 14.2. The molecule has 0 saturated heterocycles. The number of nitrogen functional groups attached to an aromatic ring is 1. The van der Waals surface area contributed by atoms with Gasteiger partial charge in [0.15, 0.2) is 5.82 Å². The number of nitrogens with two attached hydrogens (primary N) is 1. The molecule has 108 valence electrons. The first-order valence-corrected chi connectivity index (χ1v) is 6.79. The van der Waals surface area contributed by atoms with Crippen LogP contribution in [0.5, 0.6) is 5.75 Å². The fourth-order valence-corrected chi connectivity index (χ4v) is 2.25. The maximum atomic E-state index is 6.19. The van der Waals surface area contributed by atoms with Crippen LogP contribution in [0.25, 0.3) is 0 Å². The van der Waals surface area contributed by atoms with E-state index in [1.807, 2.05) is 47.8 Å². The summed E-state index contributed by atoms with van der Waals surface area (Å²) in [5, 5.41) is 4.51. The van der Waals surface area contributed by atoms with Gasteiger partial charge in [0, 0.05) is 25.3 Å². The highest BCUT2D eigenvalue weighted by molar-refractivity contribution is 5.73. The van der Waals surface area contributed by atoms with Gasteiger partial charge < -0.3 is 15.4 Å². The number of anilines is 3. The van der Waals surface area contributed by atoms with Crippen LogP contribution in [0.4, 0.5) is 17.2 Å². The summed E-state index contributed by atoms with van der Waals surface area (Å²) in [5.74, 6) is 1.75. The highest BCUT2D eigenvalue weighted by Crippen LogP contribution is 2.32. The van der Waals surface area contributed by atoms with Crippen LogP contribution in [0, 0.1) is 6.92 Å². The second-order valence-corrected chi connectivity index (χ2v) is 4.81. The summed E-state index contributed by atoms with van der Waals surface area (Å²) in [7, 11) is 3.66. The van der Waals surface area contributed by atoms with Crippen LogP contribution in [0.15, 0.2) is 24.3 Å². The average molecular weight is 274 g/mol. The Morgan fingerprint density at radius 3 is 2.80 bits per heavy atom. The summed E-state index contributed by atoms with van der Waals surface area (Å²) in [6.45, 7) is 4.91. The second kappa shape index (κ2) is 5.86. The first-order valence-electron chi connectivity index (χ1n) is 6.79. The van der Waals surface area contributed by atoms with Crippen molar-refractivity contribution in [1.29, 1.82) is 0 Å². The van der Waals surface area contributed by atoms with Gasteiger partial charge in [-0.2, -0.15) is 5.10 Å². The number of rotatable bonds is 5. The molecule has 0 fully saturated rings. The zero-order chi connectivity index (χ0) is 14.7. The SMILES string of the molecule is CCCn1nc(C)c(N)c1N(C)c1cccc(OC)c1. The van der Waals surface area contributed by atoms with E-state index < -0.39 is 0 Å². The van der Waals surface area contributed by atoms with Crippen molar-refractivity contribution in [1.82, 2.24) is 9.78 Å². The number of aromatic nitrogens is 2. The molecule has 0 aliphatic carbocycles. The predicted octanol–water partition coefficient (Wildman–Crippen LogP) is 2.96. The van der Waals surface area contributed by atoms with Crippen LogP contribution in [0.2, 0.25) is 0 Å². The fraction of sp³-hybridized carbons (Fsp3) is 0.400. The third-order valence-corrected chi connectivity index (χ3v) is 3.34. The van der Waals surface area contributed by atoms with Crippen LogP contribution in [0.3, 0.4) is 0 Å². The molecule has 2 aromatic rings. The molecule has 1 aromatic heterocycles. The van der Waals surface area contributed by atoms with Crippen molar-refractivity contribution in [3.8, 4) is 5.75 Å². The van der Waals surface area contributed by atoms with Crippen molar-refractivity contribution in [3.63, 3.8) is 0 Å². The van der Waals surface area contributed by atoms with Crippen molar-refractivity contribution in [2.45, 2.75) is 26.8 Å². The molecular weight excluding hydrogens is 252 g/mol. The lowest BCUT2D eigenvalue weighted by Gasteiger charge is -2.21. The third kappa shape index (κ3) is 2.57. The minimum absolute atomic E-state index is 0.726. The maximum Gasteiger partial charge on any atom is 0.154 e. The number of benzene rings is 1. The number of nitrogens with zero attached hydrogens (tertiary/aromatic N) is 3. The van der Waals surface area contributed by atoms with E-state index in [2.05, 4.69) is 12.0 Å². The molecule has 5 heteroatoms. The summed E-state index contributed by atoms with van der Waals surface area (Å²) < 4.78 is 7.24. The third-order valence-electron chi connectivity index (χ3n) is 3.34. The molecule has 2 N–H and O–H groups in total. The molecule has 0 saturated carbocycles. The Bertz CT molecular complexity index is 592. The summed E-state index contributed by atoms with van der Waals surface area (Å²) in [4.78, 5) is 2.05. The lowest BCUT2D eigenvalue weighted by molar-refractivity contribution is 0.415. The Labute approximate surface area is 119 Å². The number of ether oxygens (including phenoxy) is 1. The van der Waals surface area contributed by atoms with E-state index in [-0.39, 0.29) is 0 Å². The van der Waals surface area contributed by atoms with Crippen LogP contribution >= 0.6 is 0 Å². The second-order valence-electron chi connectivity index (χ2n) is 4.81. The highest BCUT2D eigenvalue weighted by Gasteiger charge is 2.17. The first-order chi connectivity index (χ1) is 9.58. The summed E-state index contributed by atoms with van der Waals surface area (Å²) in [5.41, 5.74) is 8.80. The fourth-order valence-electron chi connectivity index (χ4n) is 2.25. The van der Waals surface area contributed by atoms with Crippen molar-refractivity contribution in [2.75, 3.05) is 24.8 Å². The van der Waals surface area contributed by atoms with Gasteiger partial charge in [-0.15, -0.1) is 0 Å². The number of hydrogen-bond acceptors (Lipinski definition) is 4. The molecule has 0 radical (unpaired) electrons. The Morgan fingerprint density at radius 1 is 1.40 bits per heavy atom. The molecule has 1 heterocycles. The van der Waals surface area contributed by atoms with Gasteiger partial charge >= 0.3 is 0 Å². The van der Waals surface area contributed by atoms with E-state index in [4.69, 9.17) is 10.5 Å². The van der Waals surface area contributed by atoms with E-state index in [1.54, 1.807) is 7.11 Å². The van der Waals surface area contributed by atoms with E-state index >= 15 is 0 Å². The molecule has 5 nitrogen and oxygen atoms in total. The van der Waals surface area contributed by atoms with Gasteiger partial charge in [-0.3, -0.25) is 0 Å². The molecule has 0 amide bonds. The van der Waals surface area contributed by atoms with E-state index in [0.29, 0.717) is 0 Å². The van der Waals surface area contributed by atoms with E-state index in [1.165, 1.54) is 0 Å². The molecule has 2 rings (SSSR count). The number of hydrogen-bond donors (Lipinski definition) is 1. The van der Waals surface area contributed by atoms with Gasteiger partial charge in [-0.1, -0.05) is 13.0 Å². The van der Waals surface area contributed by atoms with Crippen LogP contribution < -0.4 is 15.4 Å². The molecule has 0 atom stereocenters. The maximum absolute atomic E-state index is 6.19. The molecule has 0 aliphatic heterocycles. The number of methoxy groups -OCH3 is 1. The smallest absolute Gasteiger partial charge is 0.154 e. The van der Waals surface area contributed by atoms with Gasteiger partial charge in [-0.25, -0.2) is 4.68 Å². The normalized spacial score (nSPS) is 10.6. The van der Waals surface area contributed by atoms with Gasteiger partial charge in [0.1, 0.15) is 5.75 Å². The molecule has 0 bridgehead atoms. The summed E-state index contributed by atoms with van der Waals surface area (Å²) in [6.07, 6.45) is 1.01. The molecule has 0 spiro atoms. The predicted molar refractivity (Wildman–Crippen MR) is 82.7 cm³/mol. The molecule has 0 aliphatic rings. The van der Waals surface area contributed by atoms with Gasteiger partial charge in [0.25, 0.3) is 0 Å².